The Hall–Kier alpha value is -1.71. The minimum Gasteiger partial charge on any atom is -0.444 e. The van der Waals surface area contributed by atoms with Gasteiger partial charge in [-0.3, -0.25) is 5.32 Å². The molecule has 0 spiro atoms. The van der Waals surface area contributed by atoms with Crippen LogP contribution in [0, 0.1) is 5.92 Å². The molecule has 2 rings (SSSR count). The lowest BCUT2D eigenvalue weighted by Crippen LogP contribution is -2.27. The summed E-state index contributed by atoms with van der Waals surface area (Å²) in [6.07, 6.45) is 4.70. The van der Waals surface area contributed by atoms with Crippen LogP contribution >= 0.6 is 0 Å². The number of rotatable bonds is 4. The molecule has 4 heteroatoms. The van der Waals surface area contributed by atoms with Crippen LogP contribution in [0.4, 0.5) is 16.2 Å². The zero-order chi connectivity index (χ0) is 16.2. The molecule has 0 aromatic heterocycles. The zero-order valence-electron chi connectivity index (χ0n) is 14.1. The largest absolute Gasteiger partial charge is 0.444 e. The summed E-state index contributed by atoms with van der Waals surface area (Å²) in [7, 11) is 0. The third-order valence-corrected chi connectivity index (χ3v) is 4.07. The van der Waals surface area contributed by atoms with E-state index in [4.69, 9.17) is 4.74 Å². The lowest BCUT2D eigenvalue weighted by atomic mass is 10.0. The maximum atomic E-state index is 11.7. The SMILES string of the molecule is CCC1CCCC1Nc1ccc(NC(=O)OC(C)(C)C)cc1. The Morgan fingerprint density at radius 1 is 1.18 bits per heavy atom. The number of ether oxygens (including phenoxy) is 1. The van der Waals surface area contributed by atoms with Crippen molar-refractivity contribution in [1.82, 2.24) is 0 Å². The van der Waals surface area contributed by atoms with E-state index >= 15 is 0 Å². The van der Waals surface area contributed by atoms with Crippen molar-refractivity contribution in [2.24, 2.45) is 5.92 Å². The summed E-state index contributed by atoms with van der Waals surface area (Å²) in [4.78, 5) is 11.7. The molecule has 0 heterocycles. The van der Waals surface area contributed by atoms with Crippen LogP contribution in [0.15, 0.2) is 24.3 Å². The molecule has 0 saturated heterocycles. The number of carbonyl (C=O) groups is 1. The average molecular weight is 304 g/mol. The average Bonchev–Trinajstić information content (AvgIpc) is 2.86. The number of hydrogen-bond acceptors (Lipinski definition) is 3. The second-order valence-corrected chi connectivity index (χ2v) is 7.05. The highest BCUT2D eigenvalue weighted by molar-refractivity contribution is 5.85. The fraction of sp³-hybridized carbons (Fsp3) is 0.611. The van der Waals surface area contributed by atoms with Crippen LogP contribution in [0.2, 0.25) is 0 Å². The zero-order valence-corrected chi connectivity index (χ0v) is 14.1. The van der Waals surface area contributed by atoms with Gasteiger partial charge in [0.25, 0.3) is 0 Å². The molecule has 1 fully saturated rings. The molecule has 1 aromatic carbocycles. The maximum Gasteiger partial charge on any atom is 0.412 e. The fourth-order valence-corrected chi connectivity index (χ4v) is 3.00. The van der Waals surface area contributed by atoms with Crippen LogP contribution in [0.3, 0.4) is 0 Å². The Labute approximate surface area is 133 Å². The van der Waals surface area contributed by atoms with E-state index in [2.05, 4.69) is 17.6 Å². The maximum absolute atomic E-state index is 11.7. The standard InChI is InChI=1S/C18H28N2O2/c1-5-13-7-6-8-16(13)19-14-9-11-15(12-10-14)20-17(21)22-18(2,3)4/h9-13,16,19H,5-8H2,1-4H3,(H,20,21). The summed E-state index contributed by atoms with van der Waals surface area (Å²) in [5, 5.41) is 6.37. The molecule has 1 aliphatic rings. The Balaban J connectivity index is 1.89. The predicted octanol–water partition coefficient (Wildman–Crippen LogP) is 5.02. The van der Waals surface area contributed by atoms with Gasteiger partial charge in [0.05, 0.1) is 0 Å². The second kappa shape index (κ2) is 7.03. The molecule has 0 aliphatic heterocycles. The van der Waals surface area contributed by atoms with Gasteiger partial charge in [0.2, 0.25) is 0 Å². The number of benzene rings is 1. The van der Waals surface area contributed by atoms with Gasteiger partial charge in [-0.25, -0.2) is 4.79 Å². The normalized spacial score (nSPS) is 21.5. The topological polar surface area (TPSA) is 50.4 Å². The highest BCUT2D eigenvalue weighted by atomic mass is 16.6. The third-order valence-electron chi connectivity index (χ3n) is 4.07. The summed E-state index contributed by atoms with van der Waals surface area (Å²) < 4.78 is 5.24. The first-order chi connectivity index (χ1) is 10.4. The Bertz CT molecular complexity index is 491. The van der Waals surface area contributed by atoms with E-state index in [1.54, 1.807) is 0 Å². The molecule has 0 radical (unpaired) electrons. The van der Waals surface area contributed by atoms with Crippen LogP contribution in [0.5, 0.6) is 0 Å². The molecule has 1 saturated carbocycles. The van der Waals surface area contributed by atoms with Crippen LogP contribution in [0.25, 0.3) is 0 Å². The lowest BCUT2D eigenvalue weighted by Gasteiger charge is -2.21. The van der Waals surface area contributed by atoms with E-state index < -0.39 is 11.7 Å². The summed E-state index contributed by atoms with van der Waals surface area (Å²) >= 11 is 0. The Morgan fingerprint density at radius 3 is 2.41 bits per heavy atom. The van der Waals surface area contributed by atoms with E-state index in [1.807, 2.05) is 45.0 Å². The molecule has 22 heavy (non-hydrogen) atoms. The molecule has 2 unspecified atom stereocenters. The van der Waals surface area contributed by atoms with Crippen LogP contribution in [-0.2, 0) is 4.74 Å². The van der Waals surface area contributed by atoms with Crippen molar-refractivity contribution < 1.29 is 9.53 Å². The molecule has 1 amide bonds. The molecule has 2 atom stereocenters. The first kappa shape index (κ1) is 16.7. The van der Waals surface area contributed by atoms with Gasteiger partial charge in [-0.2, -0.15) is 0 Å². The highest BCUT2D eigenvalue weighted by Gasteiger charge is 2.25. The minimum atomic E-state index is -0.483. The first-order valence-corrected chi connectivity index (χ1v) is 8.24. The number of amides is 1. The van der Waals surface area contributed by atoms with E-state index in [9.17, 15) is 4.79 Å². The van der Waals surface area contributed by atoms with Crippen LogP contribution < -0.4 is 10.6 Å². The van der Waals surface area contributed by atoms with Gasteiger partial charge in [0.15, 0.2) is 0 Å². The van der Waals surface area contributed by atoms with Gasteiger partial charge in [0, 0.05) is 17.4 Å². The Kier molecular flexibility index (Phi) is 5.33. The summed E-state index contributed by atoms with van der Waals surface area (Å²) in [6, 6.07) is 8.41. The van der Waals surface area contributed by atoms with E-state index in [1.165, 1.54) is 25.7 Å². The number of carbonyl (C=O) groups excluding carboxylic acids is 1. The molecule has 122 valence electrons. The van der Waals surface area contributed by atoms with Crippen LogP contribution in [0.1, 0.15) is 53.4 Å². The summed E-state index contributed by atoms with van der Waals surface area (Å²) in [5.41, 5.74) is 1.38. The highest BCUT2D eigenvalue weighted by Crippen LogP contribution is 2.31. The first-order valence-electron chi connectivity index (χ1n) is 8.24. The number of anilines is 2. The van der Waals surface area contributed by atoms with Crippen molar-refractivity contribution in [3.05, 3.63) is 24.3 Å². The van der Waals surface area contributed by atoms with Gasteiger partial charge in [0.1, 0.15) is 5.60 Å². The van der Waals surface area contributed by atoms with Crippen molar-refractivity contribution in [1.29, 1.82) is 0 Å². The summed E-state index contributed by atoms with van der Waals surface area (Å²) in [6.45, 7) is 7.82. The van der Waals surface area contributed by atoms with E-state index in [0.717, 1.165) is 17.3 Å². The van der Waals surface area contributed by atoms with Crippen molar-refractivity contribution in [2.45, 2.75) is 65.0 Å². The van der Waals surface area contributed by atoms with Gasteiger partial charge in [-0.15, -0.1) is 0 Å². The summed E-state index contributed by atoms with van der Waals surface area (Å²) in [5.74, 6) is 0.777. The molecule has 1 aromatic rings. The lowest BCUT2D eigenvalue weighted by molar-refractivity contribution is 0.0636. The number of hydrogen-bond donors (Lipinski definition) is 2. The van der Waals surface area contributed by atoms with Crippen molar-refractivity contribution in [3.8, 4) is 0 Å². The molecular formula is C18H28N2O2. The van der Waals surface area contributed by atoms with Gasteiger partial charge in [-0.1, -0.05) is 19.8 Å². The second-order valence-electron chi connectivity index (χ2n) is 7.05. The van der Waals surface area contributed by atoms with Crippen molar-refractivity contribution in [3.63, 3.8) is 0 Å². The molecule has 4 nitrogen and oxygen atoms in total. The van der Waals surface area contributed by atoms with Gasteiger partial charge < -0.3 is 10.1 Å². The Morgan fingerprint density at radius 2 is 1.82 bits per heavy atom. The molecule has 0 bridgehead atoms. The van der Waals surface area contributed by atoms with E-state index in [0.29, 0.717) is 6.04 Å². The van der Waals surface area contributed by atoms with Crippen molar-refractivity contribution in [2.75, 3.05) is 10.6 Å². The third kappa shape index (κ3) is 4.93. The predicted molar refractivity (Wildman–Crippen MR) is 91.3 cm³/mol. The number of nitrogens with one attached hydrogen (secondary N) is 2. The smallest absolute Gasteiger partial charge is 0.412 e. The van der Waals surface area contributed by atoms with E-state index in [-0.39, 0.29) is 0 Å². The van der Waals surface area contributed by atoms with Gasteiger partial charge >= 0.3 is 6.09 Å². The minimum absolute atomic E-state index is 0.421. The molecular weight excluding hydrogens is 276 g/mol. The van der Waals surface area contributed by atoms with Crippen LogP contribution in [-0.4, -0.2) is 17.7 Å². The fourth-order valence-electron chi connectivity index (χ4n) is 3.00. The van der Waals surface area contributed by atoms with Gasteiger partial charge in [-0.05, 0) is 63.8 Å². The monoisotopic (exact) mass is 304 g/mol. The quantitative estimate of drug-likeness (QED) is 0.820. The molecule has 2 N–H and O–H groups in total. The molecule has 1 aliphatic carbocycles. The van der Waals surface area contributed by atoms with Crippen molar-refractivity contribution >= 4 is 17.5 Å².